The highest BCUT2D eigenvalue weighted by molar-refractivity contribution is 5.77. The Kier molecular flexibility index (Phi) is 6.48. The zero-order chi connectivity index (χ0) is 15.8. The molecule has 0 heterocycles. The number of rotatable bonds is 6. The van der Waals surface area contributed by atoms with Crippen LogP contribution in [0.1, 0.15) is 18.5 Å². The zero-order valence-electron chi connectivity index (χ0n) is 12.2. The van der Waals surface area contributed by atoms with Crippen molar-refractivity contribution >= 4 is 12.1 Å². The van der Waals surface area contributed by atoms with E-state index in [0.29, 0.717) is 11.3 Å². The van der Waals surface area contributed by atoms with Crippen molar-refractivity contribution in [3.8, 4) is 5.75 Å². The molecular weight excluding hydrogens is 278 g/mol. The number of hydrogen-bond acceptors (Lipinski definition) is 6. The van der Waals surface area contributed by atoms with Crippen molar-refractivity contribution in [1.82, 2.24) is 5.32 Å². The molecule has 0 aliphatic carbocycles. The maximum absolute atomic E-state index is 11.5. The van der Waals surface area contributed by atoms with Gasteiger partial charge < -0.3 is 24.6 Å². The van der Waals surface area contributed by atoms with Crippen LogP contribution in [0.15, 0.2) is 24.3 Å². The summed E-state index contributed by atoms with van der Waals surface area (Å²) in [5, 5.41) is 12.4. The van der Waals surface area contributed by atoms with Crippen molar-refractivity contribution in [2.24, 2.45) is 0 Å². The third-order valence-electron chi connectivity index (χ3n) is 2.78. The van der Waals surface area contributed by atoms with Gasteiger partial charge in [0.25, 0.3) is 0 Å². The van der Waals surface area contributed by atoms with E-state index in [1.165, 1.54) is 7.11 Å². The Hall–Kier alpha value is -2.28. The molecule has 2 atom stereocenters. The standard InChI is InChI=1S/C14H19NO6/c1-4-21-14(18)15-11(12(16)13(17)20-3)9-5-7-10(19-2)8-6-9/h5-8,11-12,16H,4H2,1-3H3,(H,15,18)/t11-,12?/m1/s1. The molecule has 0 radical (unpaired) electrons. The zero-order valence-corrected chi connectivity index (χ0v) is 12.2. The van der Waals surface area contributed by atoms with Gasteiger partial charge in [0.15, 0.2) is 6.10 Å². The van der Waals surface area contributed by atoms with Gasteiger partial charge in [-0.25, -0.2) is 9.59 Å². The van der Waals surface area contributed by atoms with Crippen molar-refractivity contribution in [2.45, 2.75) is 19.1 Å². The minimum Gasteiger partial charge on any atom is -0.497 e. The second-order valence-electron chi connectivity index (χ2n) is 4.08. The lowest BCUT2D eigenvalue weighted by Crippen LogP contribution is -2.41. The molecule has 0 aromatic heterocycles. The molecule has 7 nitrogen and oxygen atoms in total. The van der Waals surface area contributed by atoms with E-state index in [2.05, 4.69) is 10.1 Å². The summed E-state index contributed by atoms with van der Waals surface area (Å²) in [6.45, 7) is 1.83. The minimum atomic E-state index is -1.55. The van der Waals surface area contributed by atoms with Gasteiger partial charge in [0.1, 0.15) is 5.75 Å². The number of benzene rings is 1. The summed E-state index contributed by atoms with van der Waals surface area (Å²) in [6, 6.07) is 5.57. The lowest BCUT2D eigenvalue weighted by atomic mass is 10.0. The Morgan fingerprint density at radius 1 is 1.24 bits per heavy atom. The van der Waals surface area contributed by atoms with Crippen LogP contribution in [0.4, 0.5) is 4.79 Å². The van der Waals surface area contributed by atoms with E-state index in [-0.39, 0.29) is 6.61 Å². The van der Waals surface area contributed by atoms with E-state index in [0.717, 1.165) is 7.11 Å². The van der Waals surface area contributed by atoms with Gasteiger partial charge in [-0.2, -0.15) is 0 Å². The number of amides is 1. The molecule has 0 fully saturated rings. The molecule has 1 aromatic rings. The molecule has 0 spiro atoms. The smallest absolute Gasteiger partial charge is 0.407 e. The van der Waals surface area contributed by atoms with Crippen LogP contribution in [0.2, 0.25) is 0 Å². The van der Waals surface area contributed by atoms with Crippen molar-refractivity contribution in [3.05, 3.63) is 29.8 Å². The largest absolute Gasteiger partial charge is 0.497 e. The van der Waals surface area contributed by atoms with E-state index in [1.807, 2.05) is 0 Å². The summed E-state index contributed by atoms with van der Waals surface area (Å²) < 4.78 is 14.3. The monoisotopic (exact) mass is 297 g/mol. The van der Waals surface area contributed by atoms with Crippen LogP contribution < -0.4 is 10.1 Å². The summed E-state index contributed by atoms with van der Waals surface area (Å²) in [4.78, 5) is 23.0. The Balaban J connectivity index is 2.98. The molecular formula is C14H19NO6. The van der Waals surface area contributed by atoms with Crippen LogP contribution in [-0.4, -0.2) is 44.1 Å². The minimum absolute atomic E-state index is 0.176. The number of alkyl carbamates (subject to hydrolysis) is 1. The second-order valence-corrected chi connectivity index (χ2v) is 4.08. The summed E-state index contributed by atoms with van der Waals surface area (Å²) in [5.74, 6) is -0.242. The number of nitrogens with one attached hydrogen (secondary N) is 1. The summed E-state index contributed by atoms with van der Waals surface area (Å²) in [7, 11) is 2.67. The molecule has 2 N–H and O–H groups in total. The number of aliphatic hydroxyl groups excluding tert-OH is 1. The van der Waals surface area contributed by atoms with Crippen molar-refractivity contribution in [3.63, 3.8) is 0 Å². The number of ether oxygens (including phenoxy) is 3. The first-order chi connectivity index (χ1) is 10.0. The lowest BCUT2D eigenvalue weighted by Gasteiger charge is -2.22. The Morgan fingerprint density at radius 2 is 1.86 bits per heavy atom. The normalized spacial score (nSPS) is 13.0. The van der Waals surface area contributed by atoms with Gasteiger partial charge in [-0.1, -0.05) is 12.1 Å². The number of aliphatic hydroxyl groups is 1. The lowest BCUT2D eigenvalue weighted by molar-refractivity contribution is -0.152. The Labute approximate surface area is 122 Å². The van der Waals surface area contributed by atoms with Gasteiger partial charge in [-0.3, -0.25) is 0 Å². The molecule has 0 bridgehead atoms. The number of hydrogen-bond donors (Lipinski definition) is 2. The van der Waals surface area contributed by atoms with Crippen LogP contribution in [-0.2, 0) is 14.3 Å². The van der Waals surface area contributed by atoms with E-state index in [4.69, 9.17) is 9.47 Å². The van der Waals surface area contributed by atoms with Crippen LogP contribution in [0.5, 0.6) is 5.75 Å². The number of carbonyl (C=O) groups excluding carboxylic acids is 2. The number of methoxy groups -OCH3 is 2. The molecule has 0 aliphatic rings. The molecule has 1 amide bonds. The number of esters is 1. The first kappa shape index (κ1) is 16.8. The number of carbonyl (C=O) groups is 2. The van der Waals surface area contributed by atoms with E-state index in [9.17, 15) is 14.7 Å². The third kappa shape index (κ3) is 4.64. The SMILES string of the molecule is CCOC(=O)N[C@H](c1ccc(OC)cc1)C(O)C(=O)OC. The Bertz CT molecular complexity index is 473. The molecule has 0 saturated carbocycles. The van der Waals surface area contributed by atoms with Gasteiger partial charge in [0.05, 0.1) is 26.9 Å². The average molecular weight is 297 g/mol. The summed E-state index contributed by atoms with van der Waals surface area (Å²) in [5.41, 5.74) is 0.516. The van der Waals surface area contributed by atoms with Crippen LogP contribution in [0, 0.1) is 0 Å². The molecule has 116 valence electrons. The molecule has 0 aliphatic heterocycles. The maximum atomic E-state index is 11.5. The van der Waals surface area contributed by atoms with Gasteiger partial charge >= 0.3 is 12.1 Å². The predicted octanol–water partition coefficient (Wildman–Crippen LogP) is 1.02. The van der Waals surface area contributed by atoms with Crippen molar-refractivity contribution in [1.29, 1.82) is 0 Å². The fraction of sp³-hybridized carbons (Fsp3) is 0.429. The van der Waals surface area contributed by atoms with Crippen molar-refractivity contribution in [2.75, 3.05) is 20.8 Å². The summed E-state index contributed by atoms with van der Waals surface area (Å²) >= 11 is 0. The Morgan fingerprint density at radius 3 is 2.33 bits per heavy atom. The second kappa shape index (κ2) is 8.11. The van der Waals surface area contributed by atoms with Crippen LogP contribution >= 0.6 is 0 Å². The molecule has 0 saturated heterocycles. The molecule has 1 unspecified atom stereocenters. The highest BCUT2D eigenvalue weighted by atomic mass is 16.6. The maximum Gasteiger partial charge on any atom is 0.407 e. The molecule has 7 heteroatoms. The quantitative estimate of drug-likeness (QED) is 0.761. The van der Waals surface area contributed by atoms with Crippen LogP contribution in [0.25, 0.3) is 0 Å². The summed E-state index contributed by atoms with van der Waals surface area (Å²) in [6.07, 6.45) is -2.28. The van der Waals surface area contributed by atoms with Gasteiger partial charge in [-0.05, 0) is 24.6 Å². The van der Waals surface area contributed by atoms with Gasteiger partial charge in [-0.15, -0.1) is 0 Å². The van der Waals surface area contributed by atoms with E-state index >= 15 is 0 Å². The molecule has 1 aromatic carbocycles. The predicted molar refractivity (Wildman–Crippen MR) is 73.9 cm³/mol. The van der Waals surface area contributed by atoms with E-state index in [1.54, 1.807) is 31.2 Å². The fourth-order valence-corrected chi connectivity index (χ4v) is 1.71. The van der Waals surface area contributed by atoms with Gasteiger partial charge in [0, 0.05) is 0 Å². The van der Waals surface area contributed by atoms with Crippen LogP contribution in [0.3, 0.4) is 0 Å². The molecule has 21 heavy (non-hydrogen) atoms. The first-order valence-corrected chi connectivity index (χ1v) is 6.36. The first-order valence-electron chi connectivity index (χ1n) is 6.36. The highest BCUT2D eigenvalue weighted by Crippen LogP contribution is 2.21. The fourth-order valence-electron chi connectivity index (χ4n) is 1.71. The molecule has 1 rings (SSSR count). The third-order valence-corrected chi connectivity index (χ3v) is 2.78. The van der Waals surface area contributed by atoms with E-state index < -0.39 is 24.2 Å². The van der Waals surface area contributed by atoms with Gasteiger partial charge in [0.2, 0.25) is 0 Å². The van der Waals surface area contributed by atoms with Crippen molar-refractivity contribution < 1.29 is 28.9 Å². The highest BCUT2D eigenvalue weighted by Gasteiger charge is 2.30. The topological polar surface area (TPSA) is 94.1 Å². The average Bonchev–Trinajstić information content (AvgIpc) is 2.51.